The van der Waals surface area contributed by atoms with Gasteiger partial charge in [-0.3, -0.25) is 19.9 Å². The van der Waals surface area contributed by atoms with Gasteiger partial charge in [0.25, 0.3) is 11.6 Å². The summed E-state index contributed by atoms with van der Waals surface area (Å²) in [4.78, 5) is 44.0. The highest BCUT2D eigenvalue weighted by Crippen LogP contribution is 2.33. The van der Waals surface area contributed by atoms with Crippen molar-refractivity contribution in [3.8, 4) is 0 Å². The lowest BCUT2D eigenvalue weighted by Gasteiger charge is -2.36. The smallest absolute Gasteiger partial charge is 0.349 e. The molecule has 1 amide bonds. The molecule has 0 saturated carbocycles. The van der Waals surface area contributed by atoms with Gasteiger partial charge in [-0.15, -0.1) is 0 Å². The highest BCUT2D eigenvalue weighted by atomic mass is 16.6. The van der Waals surface area contributed by atoms with E-state index >= 15 is 0 Å². The van der Waals surface area contributed by atoms with Crippen molar-refractivity contribution in [2.45, 2.75) is 0 Å². The molecule has 0 aliphatic carbocycles. The summed E-state index contributed by atoms with van der Waals surface area (Å²) in [5.41, 5.74) is 0.673. The molecule has 0 radical (unpaired) electrons. The van der Waals surface area contributed by atoms with E-state index in [4.69, 9.17) is 4.42 Å². The number of nitro groups is 1. The average molecular weight is 430 g/mol. The standard InChI is InChI=1S/C23H18N4O5/c28-22(17-13-15-3-1-2-4-21(15)32-23(17)29)26-11-9-25(10-12-26)19-5-6-20(27(30)31)18-14-24-8-7-16(18)19/h1-8,13-14H,9-12H2. The normalized spacial score (nSPS) is 14.1. The number of hydrogen-bond donors (Lipinski definition) is 0. The number of piperazine rings is 1. The maximum absolute atomic E-state index is 13.0. The number of benzene rings is 2. The average Bonchev–Trinajstić information content (AvgIpc) is 2.82. The number of pyridine rings is 1. The molecule has 0 spiro atoms. The predicted molar refractivity (Wildman–Crippen MR) is 119 cm³/mol. The first kappa shape index (κ1) is 19.7. The maximum Gasteiger partial charge on any atom is 0.349 e. The summed E-state index contributed by atoms with van der Waals surface area (Å²) in [5, 5.41) is 13.3. The van der Waals surface area contributed by atoms with Crippen LogP contribution in [0.2, 0.25) is 0 Å². The van der Waals surface area contributed by atoms with E-state index in [0.29, 0.717) is 42.5 Å². The fourth-order valence-corrected chi connectivity index (χ4v) is 4.13. The van der Waals surface area contributed by atoms with Crippen molar-refractivity contribution in [3.05, 3.63) is 87.0 Å². The van der Waals surface area contributed by atoms with Crippen LogP contribution in [0, 0.1) is 10.1 Å². The number of nitro benzene ring substituents is 1. The molecule has 32 heavy (non-hydrogen) atoms. The van der Waals surface area contributed by atoms with Gasteiger partial charge in [-0.25, -0.2) is 4.79 Å². The summed E-state index contributed by atoms with van der Waals surface area (Å²) in [5.74, 6) is -0.359. The molecule has 9 heteroatoms. The lowest BCUT2D eigenvalue weighted by Crippen LogP contribution is -2.49. The van der Waals surface area contributed by atoms with Gasteiger partial charge in [0.1, 0.15) is 11.1 Å². The zero-order valence-electron chi connectivity index (χ0n) is 16.9. The second kappa shape index (κ2) is 7.77. The molecule has 0 N–H and O–H groups in total. The summed E-state index contributed by atoms with van der Waals surface area (Å²) in [6.45, 7) is 1.88. The molecule has 2 aromatic carbocycles. The minimum Gasteiger partial charge on any atom is -0.422 e. The number of hydrogen-bond acceptors (Lipinski definition) is 7. The summed E-state index contributed by atoms with van der Waals surface area (Å²) >= 11 is 0. The Labute approximate surface area is 181 Å². The monoisotopic (exact) mass is 430 g/mol. The number of fused-ring (bicyclic) bond motifs is 2. The van der Waals surface area contributed by atoms with Crippen LogP contribution >= 0.6 is 0 Å². The van der Waals surface area contributed by atoms with Gasteiger partial charge in [0.15, 0.2) is 0 Å². The van der Waals surface area contributed by atoms with E-state index in [0.717, 1.165) is 11.1 Å². The van der Waals surface area contributed by atoms with Gasteiger partial charge < -0.3 is 14.2 Å². The van der Waals surface area contributed by atoms with Crippen LogP contribution in [-0.4, -0.2) is 46.9 Å². The Hall–Kier alpha value is -4.27. The molecule has 0 atom stereocenters. The van der Waals surface area contributed by atoms with Crippen molar-refractivity contribution in [2.75, 3.05) is 31.1 Å². The predicted octanol–water partition coefficient (Wildman–Crippen LogP) is 3.21. The van der Waals surface area contributed by atoms with Crippen LogP contribution in [0.15, 0.2) is 70.1 Å². The van der Waals surface area contributed by atoms with Crippen LogP contribution in [0.4, 0.5) is 11.4 Å². The van der Waals surface area contributed by atoms with E-state index in [1.54, 1.807) is 47.5 Å². The number of para-hydroxylation sites is 1. The molecule has 9 nitrogen and oxygen atoms in total. The molecule has 1 saturated heterocycles. The largest absolute Gasteiger partial charge is 0.422 e. The van der Waals surface area contributed by atoms with Gasteiger partial charge in [0.05, 0.1) is 10.3 Å². The maximum atomic E-state index is 13.0. The van der Waals surface area contributed by atoms with Crippen molar-refractivity contribution < 1.29 is 14.1 Å². The highest BCUT2D eigenvalue weighted by molar-refractivity contribution is 6.00. The zero-order valence-corrected chi connectivity index (χ0v) is 16.9. The number of aromatic nitrogens is 1. The Kier molecular flexibility index (Phi) is 4.78. The van der Waals surface area contributed by atoms with Crippen molar-refractivity contribution in [2.24, 2.45) is 0 Å². The lowest BCUT2D eigenvalue weighted by molar-refractivity contribution is -0.383. The molecule has 5 rings (SSSR count). The first-order valence-electron chi connectivity index (χ1n) is 10.1. The van der Waals surface area contributed by atoms with E-state index in [1.807, 2.05) is 6.07 Å². The SMILES string of the molecule is O=C(c1cc2ccccc2oc1=O)N1CCN(c2ccc([N+](=O)[O-])c3cnccc23)CC1. The molecular formula is C23H18N4O5. The Morgan fingerprint density at radius 1 is 1.03 bits per heavy atom. The van der Waals surface area contributed by atoms with Crippen molar-refractivity contribution in [1.82, 2.24) is 9.88 Å². The van der Waals surface area contributed by atoms with Gasteiger partial charge in [-0.05, 0) is 24.3 Å². The Morgan fingerprint density at radius 2 is 1.81 bits per heavy atom. The number of anilines is 1. The molecule has 4 aromatic rings. The highest BCUT2D eigenvalue weighted by Gasteiger charge is 2.26. The van der Waals surface area contributed by atoms with Crippen molar-refractivity contribution in [1.29, 1.82) is 0 Å². The van der Waals surface area contributed by atoms with Gasteiger partial charge in [-0.1, -0.05) is 18.2 Å². The van der Waals surface area contributed by atoms with Crippen LogP contribution in [0.5, 0.6) is 0 Å². The summed E-state index contributed by atoms with van der Waals surface area (Å²) < 4.78 is 5.30. The number of carbonyl (C=O) groups is 1. The zero-order chi connectivity index (χ0) is 22.2. The Bertz CT molecular complexity index is 1420. The van der Waals surface area contributed by atoms with E-state index in [2.05, 4.69) is 9.88 Å². The topological polar surface area (TPSA) is 110 Å². The molecule has 1 fully saturated rings. The minimum absolute atomic E-state index is 0.00805. The summed E-state index contributed by atoms with van der Waals surface area (Å²) in [6.07, 6.45) is 3.10. The second-order valence-electron chi connectivity index (χ2n) is 7.55. The van der Waals surface area contributed by atoms with Crippen molar-refractivity contribution >= 4 is 39.0 Å². The molecule has 0 unspecified atom stereocenters. The van der Waals surface area contributed by atoms with Crippen LogP contribution in [-0.2, 0) is 0 Å². The molecule has 160 valence electrons. The quantitative estimate of drug-likeness (QED) is 0.279. The third-order valence-electron chi connectivity index (χ3n) is 5.75. The van der Waals surface area contributed by atoms with E-state index in [1.165, 1.54) is 12.3 Å². The van der Waals surface area contributed by atoms with E-state index < -0.39 is 10.5 Å². The summed E-state index contributed by atoms with van der Waals surface area (Å²) in [6, 6.07) is 13.6. The Morgan fingerprint density at radius 3 is 2.59 bits per heavy atom. The fourth-order valence-electron chi connectivity index (χ4n) is 4.13. The summed E-state index contributed by atoms with van der Waals surface area (Å²) in [7, 11) is 0. The van der Waals surface area contributed by atoms with Crippen LogP contribution < -0.4 is 10.5 Å². The molecule has 3 heterocycles. The minimum atomic E-state index is -0.648. The number of nitrogens with zero attached hydrogens (tertiary/aromatic N) is 4. The number of carbonyl (C=O) groups excluding carboxylic acids is 1. The van der Waals surface area contributed by atoms with E-state index in [9.17, 15) is 19.7 Å². The van der Waals surface area contributed by atoms with Gasteiger partial charge >= 0.3 is 5.63 Å². The first-order valence-corrected chi connectivity index (χ1v) is 10.1. The molecule has 1 aliphatic heterocycles. The molecular weight excluding hydrogens is 412 g/mol. The first-order chi connectivity index (χ1) is 15.5. The number of non-ortho nitro benzene ring substituents is 1. The molecule has 1 aliphatic rings. The van der Waals surface area contributed by atoms with Gasteiger partial charge in [0, 0.05) is 61.1 Å². The fraction of sp³-hybridized carbons (Fsp3) is 0.174. The number of rotatable bonds is 3. The third kappa shape index (κ3) is 3.33. The molecule has 2 aromatic heterocycles. The van der Waals surface area contributed by atoms with E-state index in [-0.39, 0.29) is 17.2 Å². The van der Waals surface area contributed by atoms with Crippen molar-refractivity contribution in [3.63, 3.8) is 0 Å². The Balaban J connectivity index is 1.39. The second-order valence-corrected chi connectivity index (χ2v) is 7.55. The van der Waals surface area contributed by atoms with Gasteiger partial charge in [-0.2, -0.15) is 0 Å². The van der Waals surface area contributed by atoms with Crippen LogP contribution in [0.3, 0.4) is 0 Å². The number of amides is 1. The third-order valence-corrected chi connectivity index (χ3v) is 5.75. The lowest BCUT2D eigenvalue weighted by atomic mass is 10.1. The van der Waals surface area contributed by atoms with Crippen LogP contribution in [0.1, 0.15) is 10.4 Å². The van der Waals surface area contributed by atoms with Crippen LogP contribution in [0.25, 0.3) is 21.7 Å². The van der Waals surface area contributed by atoms with Gasteiger partial charge in [0.2, 0.25) is 0 Å². The molecule has 0 bridgehead atoms.